The van der Waals surface area contributed by atoms with Crippen molar-refractivity contribution in [2.75, 3.05) is 32.6 Å². The van der Waals surface area contributed by atoms with Gasteiger partial charge in [0.05, 0.1) is 24.7 Å². The normalized spacial score (nSPS) is 14.6. The first-order chi connectivity index (χ1) is 18.0. The molecule has 0 bridgehead atoms. The van der Waals surface area contributed by atoms with E-state index in [-0.39, 0.29) is 11.5 Å². The van der Waals surface area contributed by atoms with Crippen LogP contribution in [0.4, 0.5) is 5.82 Å². The number of nitrogens with zero attached hydrogens (tertiary/aromatic N) is 3. The predicted molar refractivity (Wildman–Crippen MR) is 153 cm³/mol. The average molecular weight is 539 g/mol. The van der Waals surface area contributed by atoms with Crippen molar-refractivity contribution in [1.29, 1.82) is 0 Å². The van der Waals surface area contributed by atoms with Crippen LogP contribution < -0.4 is 20.3 Å². The lowest BCUT2D eigenvalue weighted by molar-refractivity contribution is -0.122. The van der Waals surface area contributed by atoms with E-state index in [1.165, 1.54) is 16.2 Å². The summed E-state index contributed by atoms with van der Waals surface area (Å²) >= 11 is 6.72. The Labute approximate surface area is 225 Å². The fraction of sp³-hybridized carbons (Fsp3) is 0.333. The zero-order valence-corrected chi connectivity index (χ0v) is 22.8. The van der Waals surface area contributed by atoms with Gasteiger partial charge in [-0.2, -0.15) is 0 Å². The van der Waals surface area contributed by atoms with Crippen molar-refractivity contribution in [1.82, 2.24) is 14.3 Å². The van der Waals surface area contributed by atoms with Crippen LogP contribution in [0.1, 0.15) is 37.3 Å². The number of fused-ring (bicyclic) bond motifs is 1. The molecule has 0 aliphatic carbocycles. The zero-order chi connectivity index (χ0) is 26.4. The second-order valence-electron chi connectivity index (χ2n) is 8.51. The minimum atomic E-state index is -0.237. The third-order valence-electron chi connectivity index (χ3n) is 6.06. The zero-order valence-electron chi connectivity index (χ0n) is 21.2. The maximum atomic E-state index is 13.4. The molecule has 1 amide bonds. The lowest BCUT2D eigenvalue weighted by Crippen LogP contribution is -2.30. The third kappa shape index (κ3) is 5.97. The van der Waals surface area contributed by atoms with Crippen molar-refractivity contribution in [3.05, 3.63) is 69.0 Å². The summed E-state index contributed by atoms with van der Waals surface area (Å²) in [5.41, 5.74) is 1.65. The van der Waals surface area contributed by atoms with Gasteiger partial charge in [0.1, 0.15) is 15.8 Å². The molecule has 1 fully saturated rings. The fourth-order valence-corrected chi connectivity index (χ4v) is 5.34. The number of thiocarbonyl (C=S) groups is 1. The molecule has 0 unspecified atom stereocenters. The summed E-state index contributed by atoms with van der Waals surface area (Å²) in [6.07, 6.45) is 7.01. The number of hydrogen-bond donors (Lipinski definition) is 1. The number of anilines is 1. The molecule has 1 N–H and O–H groups in total. The first-order valence-electron chi connectivity index (χ1n) is 12.2. The maximum absolute atomic E-state index is 13.4. The van der Waals surface area contributed by atoms with E-state index in [0.717, 1.165) is 24.8 Å². The molecule has 1 saturated heterocycles. The van der Waals surface area contributed by atoms with Crippen molar-refractivity contribution in [3.8, 4) is 11.5 Å². The molecule has 3 aromatic rings. The number of hydrogen-bond acceptors (Lipinski definition) is 8. The van der Waals surface area contributed by atoms with Crippen LogP contribution in [0, 0.1) is 0 Å². The molecule has 194 valence electrons. The molecule has 4 rings (SSSR count). The highest BCUT2D eigenvalue weighted by Crippen LogP contribution is 2.34. The van der Waals surface area contributed by atoms with E-state index < -0.39 is 0 Å². The van der Waals surface area contributed by atoms with E-state index in [1.807, 2.05) is 24.3 Å². The summed E-state index contributed by atoms with van der Waals surface area (Å²) in [5, 5.41) is 3.30. The quantitative estimate of drug-likeness (QED) is 0.213. The van der Waals surface area contributed by atoms with Crippen LogP contribution in [-0.4, -0.2) is 51.8 Å². The molecule has 0 radical (unpaired) electrons. The molecule has 0 spiro atoms. The van der Waals surface area contributed by atoms with E-state index in [0.29, 0.717) is 57.3 Å². The van der Waals surface area contributed by atoms with Crippen LogP contribution in [0.3, 0.4) is 0 Å². The second kappa shape index (κ2) is 12.2. The number of rotatable bonds is 11. The number of pyridine rings is 1. The van der Waals surface area contributed by atoms with Crippen LogP contribution in [0.5, 0.6) is 11.5 Å². The molecule has 0 atom stereocenters. The lowest BCUT2D eigenvalue weighted by atomic mass is 10.1. The molecule has 3 heterocycles. The molecule has 2 aromatic heterocycles. The van der Waals surface area contributed by atoms with Gasteiger partial charge in [0.25, 0.3) is 11.5 Å². The van der Waals surface area contributed by atoms with Gasteiger partial charge in [-0.15, -0.1) is 0 Å². The third-order valence-corrected chi connectivity index (χ3v) is 7.44. The van der Waals surface area contributed by atoms with Crippen LogP contribution in [0.25, 0.3) is 11.7 Å². The maximum Gasteiger partial charge on any atom is 0.267 e. The largest absolute Gasteiger partial charge is 0.493 e. The summed E-state index contributed by atoms with van der Waals surface area (Å²) in [7, 11) is 3.18. The van der Waals surface area contributed by atoms with Crippen molar-refractivity contribution in [2.24, 2.45) is 0 Å². The number of thioether (sulfide) groups is 1. The number of carbonyl (C=O) groups is 1. The topological polar surface area (TPSA) is 85.2 Å². The van der Waals surface area contributed by atoms with Crippen molar-refractivity contribution >= 4 is 51.7 Å². The van der Waals surface area contributed by atoms with E-state index in [4.69, 9.17) is 21.7 Å². The van der Waals surface area contributed by atoms with Gasteiger partial charge < -0.3 is 14.8 Å². The minimum absolute atomic E-state index is 0.218. The molecular weight excluding hydrogens is 508 g/mol. The second-order valence-corrected chi connectivity index (χ2v) is 10.2. The van der Waals surface area contributed by atoms with Crippen LogP contribution in [0.2, 0.25) is 0 Å². The van der Waals surface area contributed by atoms with E-state index >= 15 is 0 Å². The Morgan fingerprint density at radius 3 is 2.68 bits per heavy atom. The number of methoxy groups -OCH3 is 2. The number of amides is 1. The lowest BCUT2D eigenvalue weighted by Gasteiger charge is -2.15. The first-order valence-corrected chi connectivity index (χ1v) is 13.4. The Balaban J connectivity index is 1.58. The molecule has 1 aliphatic heterocycles. The van der Waals surface area contributed by atoms with Crippen molar-refractivity contribution in [2.45, 2.75) is 32.6 Å². The molecule has 8 nitrogen and oxygen atoms in total. The van der Waals surface area contributed by atoms with Crippen LogP contribution in [-0.2, 0) is 11.2 Å². The number of aromatic nitrogens is 2. The molecule has 0 saturated carbocycles. The summed E-state index contributed by atoms with van der Waals surface area (Å²) in [5.74, 6) is 1.54. The predicted octanol–water partition coefficient (Wildman–Crippen LogP) is 4.76. The minimum Gasteiger partial charge on any atom is -0.493 e. The highest BCUT2D eigenvalue weighted by molar-refractivity contribution is 8.26. The van der Waals surface area contributed by atoms with Gasteiger partial charge in [0.15, 0.2) is 11.5 Å². The monoisotopic (exact) mass is 538 g/mol. The highest BCUT2D eigenvalue weighted by Gasteiger charge is 2.32. The van der Waals surface area contributed by atoms with E-state index in [2.05, 4.69) is 17.2 Å². The summed E-state index contributed by atoms with van der Waals surface area (Å²) in [4.78, 5) is 33.3. The van der Waals surface area contributed by atoms with Gasteiger partial charge in [0, 0.05) is 19.3 Å². The molecule has 1 aliphatic rings. The summed E-state index contributed by atoms with van der Waals surface area (Å²) < 4.78 is 12.6. The molecule has 1 aromatic carbocycles. The van der Waals surface area contributed by atoms with E-state index in [1.54, 1.807) is 43.5 Å². The number of benzene rings is 1. The standard InChI is InChI=1S/C27H30N4O4S2/c1-4-5-7-13-28-24-19(25(32)30-14-8-6-9-23(30)29-24)17-22-26(33)31(27(36)37-22)15-12-18-10-11-20(34-2)21(16-18)35-3/h6,8-11,14,16-17,28H,4-5,7,12-13,15H2,1-3H3. The SMILES string of the molecule is CCCCCNc1nc2ccccn2c(=O)c1C=C1SC(=S)N(CCc2ccc(OC)c(OC)c2)C1=O. The van der Waals surface area contributed by atoms with Gasteiger partial charge in [0.2, 0.25) is 0 Å². The fourth-order valence-electron chi connectivity index (χ4n) is 4.05. The Hall–Kier alpha value is -3.37. The smallest absolute Gasteiger partial charge is 0.267 e. The average Bonchev–Trinajstić information content (AvgIpc) is 3.18. The van der Waals surface area contributed by atoms with Gasteiger partial charge in [-0.1, -0.05) is 55.9 Å². The Kier molecular flexibility index (Phi) is 8.83. The van der Waals surface area contributed by atoms with Crippen molar-refractivity contribution < 1.29 is 14.3 Å². The molecule has 37 heavy (non-hydrogen) atoms. The van der Waals surface area contributed by atoms with Crippen LogP contribution >= 0.6 is 24.0 Å². The molecule has 10 heteroatoms. The Morgan fingerprint density at radius 1 is 1.11 bits per heavy atom. The number of unbranched alkanes of at least 4 members (excludes halogenated alkanes) is 2. The van der Waals surface area contributed by atoms with Crippen LogP contribution in [0.15, 0.2) is 52.3 Å². The summed E-state index contributed by atoms with van der Waals surface area (Å²) in [6.45, 7) is 3.24. The number of ether oxygens (including phenoxy) is 2. The van der Waals surface area contributed by atoms with Gasteiger partial charge in [-0.05, 0) is 48.7 Å². The Bertz CT molecular complexity index is 1400. The number of carbonyl (C=O) groups excluding carboxylic acids is 1. The number of nitrogens with one attached hydrogen (secondary N) is 1. The molecular formula is C27H30N4O4S2. The van der Waals surface area contributed by atoms with Crippen molar-refractivity contribution in [3.63, 3.8) is 0 Å². The first kappa shape index (κ1) is 26.7. The van der Waals surface area contributed by atoms with Gasteiger partial charge in [-0.25, -0.2) is 4.98 Å². The summed E-state index contributed by atoms with van der Waals surface area (Å²) in [6, 6.07) is 11.1. The van der Waals surface area contributed by atoms with Gasteiger partial charge >= 0.3 is 0 Å². The van der Waals surface area contributed by atoms with E-state index in [9.17, 15) is 9.59 Å². The highest BCUT2D eigenvalue weighted by atomic mass is 32.2. The Morgan fingerprint density at radius 2 is 1.92 bits per heavy atom. The van der Waals surface area contributed by atoms with Gasteiger partial charge in [-0.3, -0.25) is 18.9 Å².